The van der Waals surface area contributed by atoms with E-state index in [0.717, 1.165) is 11.4 Å². The highest BCUT2D eigenvalue weighted by Gasteiger charge is 2.28. The first kappa shape index (κ1) is 32.0. The molecule has 2 heterocycles. The normalized spacial score (nSPS) is 11.6. The van der Waals surface area contributed by atoms with Gasteiger partial charge in [0.15, 0.2) is 0 Å². The predicted molar refractivity (Wildman–Crippen MR) is 237 cm³/mol. The van der Waals surface area contributed by atoms with Gasteiger partial charge in [-0.05, 0) is 69.8 Å². The lowest BCUT2D eigenvalue weighted by Crippen LogP contribution is -2.00. The molecule has 0 bridgehead atoms. The van der Waals surface area contributed by atoms with E-state index in [4.69, 9.17) is 0 Å². The molecule has 2 nitrogen and oxygen atoms in total. The summed E-state index contributed by atoms with van der Waals surface area (Å²) in [5.74, 6) is 0. The molecule has 0 unspecified atom stereocenters. The zero-order valence-electron chi connectivity index (χ0n) is 30.7. The van der Waals surface area contributed by atoms with Gasteiger partial charge >= 0.3 is 0 Å². The number of para-hydroxylation sites is 2. The molecule has 0 aliphatic carbocycles. The summed E-state index contributed by atoms with van der Waals surface area (Å²) in [7, 11) is 0. The SMILES string of the molecule is c1ccc(-c2cccc(-n3c4ccccc4c4c(-c5ccccc5)c5c(c(-c6ccccc6)c43)c3ccccc3n5-c3cccc(-c4ccccc4)c3)c2)cc1. The second-order valence-electron chi connectivity index (χ2n) is 14.5. The van der Waals surface area contributed by atoms with E-state index < -0.39 is 0 Å². The fourth-order valence-corrected chi connectivity index (χ4v) is 8.91. The number of benzene rings is 9. The van der Waals surface area contributed by atoms with E-state index >= 15 is 0 Å². The number of hydrogen-bond acceptors (Lipinski definition) is 0. The zero-order valence-corrected chi connectivity index (χ0v) is 30.7. The largest absolute Gasteiger partial charge is 0.309 e. The molecule has 0 aliphatic rings. The molecule has 2 heteroatoms. The van der Waals surface area contributed by atoms with E-state index in [2.05, 4.69) is 228 Å². The lowest BCUT2D eigenvalue weighted by molar-refractivity contribution is 1.18. The topological polar surface area (TPSA) is 9.86 Å². The summed E-state index contributed by atoms with van der Waals surface area (Å²) >= 11 is 0. The first-order valence-corrected chi connectivity index (χ1v) is 19.3. The highest BCUT2D eigenvalue weighted by molar-refractivity contribution is 6.33. The van der Waals surface area contributed by atoms with Crippen LogP contribution in [0.25, 0.3) is 99.5 Å². The van der Waals surface area contributed by atoms with Crippen molar-refractivity contribution in [2.45, 2.75) is 0 Å². The second kappa shape index (κ2) is 13.2. The van der Waals surface area contributed by atoms with E-state index in [-0.39, 0.29) is 0 Å². The van der Waals surface area contributed by atoms with Gasteiger partial charge in [0.2, 0.25) is 0 Å². The molecule has 2 aromatic heterocycles. The Bertz CT molecular complexity index is 2990. The van der Waals surface area contributed by atoms with Crippen molar-refractivity contribution in [3.63, 3.8) is 0 Å². The maximum Gasteiger partial charge on any atom is 0.0633 e. The molecule has 0 amide bonds. The van der Waals surface area contributed by atoms with Crippen molar-refractivity contribution in [1.82, 2.24) is 9.13 Å². The smallest absolute Gasteiger partial charge is 0.0633 e. The molecule has 0 atom stereocenters. The van der Waals surface area contributed by atoms with E-state index in [0.29, 0.717) is 0 Å². The molecular formula is C54H36N2. The van der Waals surface area contributed by atoms with Crippen molar-refractivity contribution >= 4 is 43.6 Å². The summed E-state index contributed by atoms with van der Waals surface area (Å²) in [5, 5.41) is 4.93. The Balaban J connectivity index is 1.38. The zero-order chi connectivity index (χ0) is 37.0. The van der Waals surface area contributed by atoms with Crippen LogP contribution in [0.5, 0.6) is 0 Å². The first-order chi connectivity index (χ1) is 27.8. The molecule has 11 rings (SSSR count). The van der Waals surface area contributed by atoms with Gasteiger partial charge in [-0.1, -0.05) is 182 Å². The van der Waals surface area contributed by atoms with Crippen LogP contribution in [-0.2, 0) is 0 Å². The van der Waals surface area contributed by atoms with Crippen molar-refractivity contribution in [2.24, 2.45) is 0 Å². The van der Waals surface area contributed by atoms with Crippen molar-refractivity contribution in [1.29, 1.82) is 0 Å². The fourth-order valence-electron chi connectivity index (χ4n) is 8.91. The quantitative estimate of drug-likeness (QED) is 0.162. The van der Waals surface area contributed by atoms with Gasteiger partial charge in [-0.25, -0.2) is 0 Å². The Morgan fingerprint density at radius 3 is 0.964 bits per heavy atom. The van der Waals surface area contributed by atoms with Crippen LogP contribution < -0.4 is 0 Å². The minimum Gasteiger partial charge on any atom is -0.309 e. The summed E-state index contributed by atoms with van der Waals surface area (Å²) in [4.78, 5) is 0. The number of nitrogens with zero attached hydrogens (tertiary/aromatic N) is 2. The molecule has 0 saturated carbocycles. The summed E-state index contributed by atoms with van der Waals surface area (Å²) in [6, 6.07) is 79.4. The third-order valence-electron chi connectivity index (χ3n) is 11.3. The summed E-state index contributed by atoms with van der Waals surface area (Å²) in [6.07, 6.45) is 0. The Morgan fingerprint density at radius 2 is 0.571 bits per heavy atom. The molecule has 0 aliphatic heterocycles. The Morgan fingerprint density at radius 1 is 0.250 bits per heavy atom. The fraction of sp³-hybridized carbons (Fsp3) is 0. The van der Waals surface area contributed by atoms with Gasteiger partial charge in [-0.15, -0.1) is 0 Å². The van der Waals surface area contributed by atoms with Gasteiger partial charge in [0, 0.05) is 44.0 Å². The third kappa shape index (κ3) is 5.04. The lowest BCUT2D eigenvalue weighted by atomic mass is 9.90. The molecule has 0 radical (unpaired) electrons. The van der Waals surface area contributed by atoms with Crippen molar-refractivity contribution in [2.75, 3.05) is 0 Å². The van der Waals surface area contributed by atoms with Crippen LogP contribution in [0.15, 0.2) is 218 Å². The summed E-state index contributed by atoms with van der Waals surface area (Å²) < 4.78 is 5.04. The van der Waals surface area contributed by atoms with E-state index in [1.54, 1.807) is 0 Å². The van der Waals surface area contributed by atoms with E-state index in [1.807, 2.05) is 0 Å². The molecule has 0 spiro atoms. The molecule has 9 aromatic carbocycles. The van der Waals surface area contributed by atoms with Crippen LogP contribution in [0, 0.1) is 0 Å². The van der Waals surface area contributed by atoms with Gasteiger partial charge < -0.3 is 9.13 Å². The number of aromatic nitrogens is 2. The minimum absolute atomic E-state index is 1.13. The van der Waals surface area contributed by atoms with Gasteiger partial charge in [0.1, 0.15) is 0 Å². The van der Waals surface area contributed by atoms with E-state index in [9.17, 15) is 0 Å². The molecule has 0 fully saturated rings. The molecule has 11 aromatic rings. The van der Waals surface area contributed by atoms with Crippen molar-refractivity contribution < 1.29 is 0 Å². The number of fused-ring (bicyclic) bond motifs is 6. The Kier molecular flexibility index (Phi) is 7.53. The van der Waals surface area contributed by atoms with Crippen LogP contribution in [0.1, 0.15) is 0 Å². The molecule has 262 valence electrons. The molecule has 0 saturated heterocycles. The summed E-state index contributed by atoms with van der Waals surface area (Å²) in [6.45, 7) is 0. The molecule has 0 N–H and O–H groups in total. The van der Waals surface area contributed by atoms with Gasteiger partial charge in [0.05, 0.1) is 22.1 Å². The van der Waals surface area contributed by atoms with Gasteiger partial charge in [-0.3, -0.25) is 0 Å². The van der Waals surface area contributed by atoms with Crippen LogP contribution in [0.4, 0.5) is 0 Å². The predicted octanol–water partition coefficient (Wildman–Crippen LogP) is 14.5. The maximum absolute atomic E-state index is 2.52. The highest BCUT2D eigenvalue weighted by Crippen LogP contribution is 2.52. The van der Waals surface area contributed by atoms with Crippen LogP contribution in [-0.4, -0.2) is 9.13 Å². The minimum atomic E-state index is 1.13. The monoisotopic (exact) mass is 712 g/mol. The molecule has 56 heavy (non-hydrogen) atoms. The van der Waals surface area contributed by atoms with Crippen LogP contribution in [0.2, 0.25) is 0 Å². The summed E-state index contributed by atoms with van der Waals surface area (Å²) in [5.41, 5.74) is 16.6. The van der Waals surface area contributed by atoms with Gasteiger partial charge in [-0.2, -0.15) is 0 Å². The van der Waals surface area contributed by atoms with Crippen molar-refractivity contribution in [3.05, 3.63) is 218 Å². The van der Waals surface area contributed by atoms with Crippen LogP contribution in [0.3, 0.4) is 0 Å². The number of hydrogen-bond donors (Lipinski definition) is 0. The Labute approximate surface area is 325 Å². The molecular weight excluding hydrogens is 677 g/mol. The average molecular weight is 713 g/mol. The second-order valence-corrected chi connectivity index (χ2v) is 14.5. The number of rotatable bonds is 6. The third-order valence-corrected chi connectivity index (χ3v) is 11.3. The van der Waals surface area contributed by atoms with Crippen molar-refractivity contribution in [3.8, 4) is 55.9 Å². The highest BCUT2D eigenvalue weighted by atomic mass is 15.0. The standard InChI is InChI=1S/C54H36N2/c1-5-19-37(20-6-1)41-27-17-29-43(35-41)55-47-33-15-13-31-45(47)51-50(40-25-11-4-12-26-40)54-52(49(53(51)55)39-23-9-3-10-24-39)46-32-14-16-34-48(46)56(54)44-30-18-28-42(36-44)38-21-7-2-8-22-38/h1-36H. The lowest BCUT2D eigenvalue weighted by Gasteiger charge is -2.19. The average Bonchev–Trinajstić information content (AvgIpc) is 3.80. The van der Waals surface area contributed by atoms with Crippen LogP contribution >= 0.6 is 0 Å². The van der Waals surface area contributed by atoms with E-state index in [1.165, 1.54) is 88.1 Å². The maximum atomic E-state index is 2.52. The van der Waals surface area contributed by atoms with Gasteiger partial charge in [0.25, 0.3) is 0 Å². The Hall–Kier alpha value is -7.42. The first-order valence-electron chi connectivity index (χ1n) is 19.3.